The largest absolute Gasteiger partial charge is 0.481 e. The molecule has 0 bridgehead atoms. The number of rotatable bonds is 11. The van der Waals surface area contributed by atoms with Gasteiger partial charge in [0.2, 0.25) is 5.88 Å². The summed E-state index contributed by atoms with van der Waals surface area (Å²) in [5.41, 5.74) is 5.62. The Morgan fingerprint density at radius 3 is 2.74 bits per heavy atom. The summed E-state index contributed by atoms with van der Waals surface area (Å²) < 4.78 is 7.46. The second-order valence-electron chi connectivity index (χ2n) is 9.55. The van der Waals surface area contributed by atoms with Gasteiger partial charge in [0, 0.05) is 29.8 Å². The van der Waals surface area contributed by atoms with Crippen LogP contribution in [0.25, 0.3) is 0 Å². The fourth-order valence-electron chi connectivity index (χ4n) is 4.59. The zero-order valence-corrected chi connectivity index (χ0v) is 19.5. The maximum atomic E-state index is 11.6. The van der Waals surface area contributed by atoms with E-state index in [4.69, 9.17) is 14.8 Å². The van der Waals surface area contributed by atoms with Crippen LogP contribution < -0.4 is 4.74 Å². The van der Waals surface area contributed by atoms with E-state index in [1.807, 2.05) is 24.4 Å². The van der Waals surface area contributed by atoms with Gasteiger partial charge in [-0.1, -0.05) is 6.07 Å². The molecule has 2 aliphatic carbocycles. The molecule has 1 fully saturated rings. The molecule has 3 aromatic heterocycles. The number of pyridine rings is 2. The number of hydrogen-bond donors (Lipinski definition) is 1. The van der Waals surface area contributed by atoms with Crippen molar-refractivity contribution in [2.24, 2.45) is 5.92 Å². The van der Waals surface area contributed by atoms with Crippen LogP contribution in [-0.4, -0.2) is 37.4 Å². The van der Waals surface area contributed by atoms with E-state index in [1.54, 1.807) is 10.9 Å². The van der Waals surface area contributed by atoms with Gasteiger partial charge in [-0.15, -0.1) is 0 Å². The molecule has 0 aromatic carbocycles. The number of carboxylic acids is 1. The van der Waals surface area contributed by atoms with Crippen molar-refractivity contribution in [2.75, 3.05) is 6.61 Å². The Hall–Kier alpha value is -3.22. The van der Waals surface area contributed by atoms with E-state index in [2.05, 4.69) is 17.1 Å². The second-order valence-corrected chi connectivity index (χ2v) is 9.55. The molecule has 7 heteroatoms. The van der Waals surface area contributed by atoms with Gasteiger partial charge in [0.05, 0.1) is 24.8 Å². The zero-order valence-electron chi connectivity index (χ0n) is 19.5. The number of aromatic nitrogens is 4. The Labute approximate surface area is 200 Å². The van der Waals surface area contributed by atoms with E-state index in [0.717, 1.165) is 49.1 Å². The van der Waals surface area contributed by atoms with Gasteiger partial charge in [0.1, 0.15) is 0 Å². The highest BCUT2D eigenvalue weighted by Gasteiger charge is 2.23. The summed E-state index contributed by atoms with van der Waals surface area (Å²) in [6.07, 6.45) is 13.5. The molecule has 3 heterocycles. The molecule has 1 N–H and O–H groups in total. The van der Waals surface area contributed by atoms with Crippen molar-refractivity contribution in [3.8, 4) is 5.88 Å². The first-order valence-electron chi connectivity index (χ1n) is 12.5. The number of carbonyl (C=O) groups is 1. The predicted octanol–water partition coefficient (Wildman–Crippen LogP) is 4.58. The third-order valence-electron chi connectivity index (χ3n) is 6.76. The van der Waals surface area contributed by atoms with Crippen LogP contribution in [0, 0.1) is 5.92 Å². The molecular weight excluding hydrogens is 428 g/mol. The highest BCUT2D eigenvalue weighted by molar-refractivity contribution is 5.68. The van der Waals surface area contributed by atoms with Crippen molar-refractivity contribution in [1.82, 2.24) is 19.7 Å². The Morgan fingerprint density at radius 2 is 1.94 bits per heavy atom. The van der Waals surface area contributed by atoms with Gasteiger partial charge in [-0.2, -0.15) is 5.10 Å². The van der Waals surface area contributed by atoms with Crippen LogP contribution in [0.1, 0.15) is 72.8 Å². The Kier molecular flexibility index (Phi) is 6.88. The summed E-state index contributed by atoms with van der Waals surface area (Å²) in [6.45, 7) is 0.703. The number of aryl methyl sites for hydroxylation is 4. The Morgan fingerprint density at radius 1 is 1.09 bits per heavy atom. The molecular formula is C27H32N4O3. The minimum Gasteiger partial charge on any atom is -0.481 e. The number of hydrogen-bond acceptors (Lipinski definition) is 5. The van der Waals surface area contributed by atoms with Gasteiger partial charge in [-0.05, 0) is 93.0 Å². The third-order valence-corrected chi connectivity index (χ3v) is 6.76. The van der Waals surface area contributed by atoms with Crippen LogP contribution in [0.3, 0.4) is 0 Å². The molecule has 34 heavy (non-hydrogen) atoms. The fourth-order valence-corrected chi connectivity index (χ4v) is 4.59. The molecule has 0 radical (unpaired) electrons. The minimum absolute atomic E-state index is 0.0515. The SMILES string of the molecule is O=C(O)C[C@@H](c1ccc(OCC2CC2)nc1)n1ccc(CCCc2ccc3c(n2)CCCC3)n1. The van der Waals surface area contributed by atoms with E-state index in [1.165, 1.54) is 36.9 Å². The minimum atomic E-state index is -0.866. The molecule has 1 saturated carbocycles. The lowest BCUT2D eigenvalue weighted by Gasteiger charge is -2.16. The van der Waals surface area contributed by atoms with Crippen molar-refractivity contribution in [2.45, 2.75) is 70.3 Å². The average Bonchev–Trinajstić information content (AvgIpc) is 3.57. The van der Waals surface area contributed by atoms with E-state index in [-0.39, 0.29) is 6.42 Å². The molecule has 2 aliphatic rings. The maximum Gasteiger partial charge on any atom is 0.305 e. The topological polar surface area (TPSA) is 90.1 Å². The van der Waals surface area contributed by atoms with E-state index in [9.17, 15) is 9.90 Å². The van der Waals surface area contributed by atoms with Gasteiger partial charge in [0.25, 0.3) is 0 Å². The molecule has 0 saturated heterocycles. The number of carboxylic acid groups (broad SMARTS) is 1. The van der Waals surface area contributed by atoms with Crippen molar-refractivity contribution in [1.29, 1.82) is 0 Å². The first-order valence-corrected chi connectivity index (χ1v) is 12.5. The van der Waals surface area contributed by atoms with E-state index >= 15 is 0 Å². The molecule has 0 spiro atoms. The first-order chi connectivity index (χ1) is 16.6. The number of fused-ring (bicyclic) bond motifs is 1. The molecule has 5 rings (SSSR count). The lowest BCUT2D eigenvalue weighted by molar-refractivity contribution is -0.137. The van der Waals surface area contributed by atoms with Gasteiger partial charge in [-0.25, -0.2) is 4.98 Å². The number of ether oxygens (including phenoxy) is 1. The number of aliphatic carboxylic acids is 1. The van der Waals surface area contributed by atoms with E-state index < -0.39 is 12.0 Å². The molecule has 178 valence electrons. The normalized spacial score (nSPS) is 16.1. The molecule has 3 aromatic rings. The summed E-state index contributed by atoms with van der Waals surface area (Å²) in [5.74, 6) is 0.378. The second kappa shape index (κ2) is 10.4. The molecule has 7 nitrogen and oxygen atoms in total. The highest BCUT2D eigenvalue weighted by Crippen LogP contribution is 2.29. The lowest BCUT2D eigenvalue weighted by Crippen LogP contribution is -2.16. The van der Waals surface area contributed by atoms with Crippen LogP contribution in [0.4, 0.5) is 0 Å². The first kappa shape index (κ1) is 22.6. The molecule has 0 amide bonds. The average molecular weight is 461 g/mol. The highest BCUT2D eigenvalue weighted by atomic mass is 16.5. The van der Waals surface area contributed by atoms with Crippen molar-refractivity contribution in [3.05, 3.63) is 70.9 Å². The molecule has 0 unspecified atom stereocenters. The van der Waals surface area contributed by atoms with Gasteiger partial charge in [-0.3, -0.25) is 14.5 Å². The van der Waals surface area contributed by atoms with Crippen LogP contribution >= 0.6 is 0 Å². The fraction of sp³-hybridized carbons (Fsp3) is 0.481. The summed E-state index contributed by atoms with van der Waals surface area (Å²) in [5, 5.41) is 14.2. The van der Waals surface area contributed by atoms with Gasteiger partial charge < -0.3 is 9.84 Å². The lowest BCUT2D eigenvalue weighted by atomic mass is 9.95. The quantitative estimate of drug-likeness (QED) is 0.450. The summed E-state index contributed by atoms with van der Waals surface area (Å²) in [4.78, 5) is 20.8. The third kappa shape index (κ3) is 5.82. The summed E-state index contributed by atoms with van der Waals surface area (Å²) in [7, 11) is 0. The van der Waals surface area contributed by atoms with Gasteiger partial charge >= 0.3 is 5.97 Å². The predicted molar refractivity (Wildman–Crippen MR) is 128 cm³/mol. The van der Waals surface area contributed by atoms with Crippen molar-refractivity contribution in [3.63, 3.8) is 0 Å². The molecule has 1 atom stereocenters. The summed E-state index contributed by atoms with van der Waals surface area (Å²) in [6, 6.07) is 9.71. The maximum absolute atomic E-state index is 11.6. The zero-order chi connectivity index (χ0) is 23.3. The van der Waals surface area contributed by atoms with Crippen molar-refractivity contribution >= 4 is 5.97 Å². The Bertz CT molecular complexity index is 1120. The molecule has 0 aliphatic heterocycles. The van der Waals surface area contributed by atoms with Gasteiger partial charge in [0.15, 0.2) is 0 Å². The van der Waals surface area contributed by atoms with Crippen LogP contribution in [0.2, 0.25) is 0 Å². The van der Waals surface area contributed by atoms with Crippen molar-refractivity contribution < 1.29 is 14.6 Å². The number of nitrogens with zero attached hydrogens (tertiary/aromatic N) is 4. The Balaban J connectivity index is 1.20. The van der Waals surface area contributed by atoms with E-state index in [0.29, 0.717) is 18.4 Å². The summed E-state index contributed by atoms with van der Waals surface area (Å²) >= 11 is 0. The standard InChI is InChI=1S/C27H32N4O3/c32-27(33)16-25(21-11-13-26(28-17-21)34-18-19-8-9-19)31-15-14-23(30-31)6-3-5-22-12-10-20-4-1-2-7-24(20)29-22/h10-15,17,19,25H,1-9,16,18H2,(H,32,33)/t25-/m0/s1. The van der Waals surface area contributed by atoms with Crippen LogP contribution in [0.5, 0.6) is 5.88 Å². The monoisotopic (exact) mass is 460 g/mol. The van der Waals surface area contributed by atoms with Crippen LogP contribution in [0.15, 0.2) is 42.7 Å². The smallest absolute Gasteiger partial charge is 0.305 e. The van der Waals surface area contributed by atoms with Crippen LogP contribution in [-0.2, 0) is 30.5 Å².